The van der Waals surface area contributed by atoms with Crippen molar-refractivity contribution in [1.29, 1.82) is 0 Å². The van der Waals surface area contributed by atoms with Crippen LogP contribution in [0.25, 0.3) is 22.4 Å². The van der Waals surface area contributed by atoms with E-state index in [0.717, 1.165) is 12.1 Å². The van der Waals surface area contributed by atoms with E-state index in [9.17, 15) is 13.6 Å². The zero-order valence-corrected chi connectivity index (χ0v) is 16.0. The Morgan fingerprint density at radius 1 is 1.03 bits per heavy atom. The highest BCUT2D eigenvalue weighted by molar-refractivity contribution is 6.04. The van der Waals surface area contributed by atoms with Crippen molar-refractivity contribution in [1.82, 2.24) is 10.1 Å². The molecule has 0 radical (unpaired) electrons. The van der Waals surface area contributed by atoms with E-state index < -0.39 is 11.6 Å². The summed E-state index contributed by atoms with van der Waals surface area (Å²) >= 11 is 0. The number of halogens is 2. The number of aromatic nitrogens is 2. The molecule has 5 nitrogen and oxygen atoms in total. The molecule has 0 saturated heterocycles. The van der Waals surface area contributed by atoms with Crippen LogP contribution in [0.2, 0.25) is 0 Å². The lowest BCUT2D eigenvalue weighted by Gasteiger charge is -2.20. The third-order valence-electron chi connectivity index (χ3n) is 4.60. The van der Waals surface area contributed by atoms with E-state index in [1.807, 2.05) is 6.07 Å². The Labute approximate surface area is 171 Å². The fraction of sp³-hybridized carbons (Fsp3) is 0.0870. The number of carbonyl (C=O) groups is 1. The van der Waals surface area contributed by atoms with Crippen LogP contribution in [0.4, 0.5) is 20.4 Å². The van der Waals surface area contributed by atoms with E-state index >= 15 is 0 Å². The number of nitrogens with zero attached hydrogens (tertiary/aromatic N) is 3. The monoisotopic (exact) mass is 405 g/mol. The van der Waals surface area contributed by atoms with Gasteiger partial charge >= 0.3 is 0 Å². The second kappa shape index (κ2) is 8.24. The first-order chi connectivity index (χ1) is 14.6. The van der Waals surface area contributed by atoms with Gasteiger partial charge in [0.25, 0.3) is 0 Å². The molecule has 0 atom stereocenters. The number of hydrogen-bond donors (Lipinski definition) is 0. The Morgan fingerprint density at radius 2 is 1.77 bits per heavy atom. The third kappa shape index (κ3) is 3.57. The largest absolute Gasteiger partial charge is 0.336 e. The Hall–Kier alpha value is -3.87. The van der Waals surface area contributed by atoms with Crippen LogP contribution in [-0.2, 0) is 4.79 Å². The van der Waals surface area contributed by atoms with Crippen LogP contribution in [0.1, 0.15) is 13.3 Å². The summed E-state index contributed by atoms with van der Waals surface area (Å²) in [7, 11) is 0. The Morgan fingerprint density at radius 3 is 2.43 bits per heavy atom. The molecular formula is C23H17F2N3O2. The number of amides is 1. The third-order valence-corrected chi connectivity index (χ3v) is 4.60. The van der Waals surface area contributed by atoms with E-state index in [4.69, 9.17) is 4.52 Å². The fourth-order valence-corrected chi connectivity index (χ4v) is 3.19. The van der Waals surface area contributed by atoms with Crippen LogP contribution >= 0.6 is 0 Å². The second-order valence-corrected chi connectivity index (χ2v) is 6.49. The predicted molar refractivity (Wildman–Crippen MR) is 109 cm³/mol. The highest BCUT2D eigenvalue weighted by Crippen LogP contribution is 2.42. The van der Waals surface area contributed by atoms with Crippen LogP contribution in [-0.4, -0.2) is 16.0 Å². The smallest absolute Gasteiger partial charge is 0.247 e. The van der Waals surface area contributed by atoms with Gasteiger partial charge in [-0.15, -0.1) is 0 Å². The average molecular weight is 405 g/mol. The van der Waals surface area contributed by atoms with Gasteiger partial charge in [0, 0.05) is 30.4 Å². The van der Waals surface area contributed by atoms with Gasteiger partial charge in [-0.2, -0.15) is 0 Å². The minimum Gasteiger partial charge on any atom is -0.336 e. The topological polar surface area (TPSA) is 59.2 Å². The lowest BCUT2D eigenvalue weighted by molar-refractivity contribution is -0.117. The molecule has 0 aliphatic rings. The van der Waals surface area contributed by atoms with E-state index in [0.29, 0.717) is 16.8 Å². The number of benzene rings is 2. The van der Waals surface area contributed by atoms with Gasteiger partial charge in [-0.3, -0.25) is 9.78 Å². The van der Waals surface area contributed by atoms with Gasteiger partial charge in [0.15, 0.2) is 0 Å². The highest BCUT2D eigenvalue weighted by atomic mass is 19.1. The zero-order valence-electron chi connectivity index (χ0n) is 16.0. The molecule has 0 aliphatic heterocycles. The number of hydrogen-bond acceptors (Lipinski definition) is 4. The molecule has 0 aliphatic carbocycles. The van der Waals surface area contributed by atoms with E-state index in [1.54, 1.807) is 55.7 Å². The minimum atomic E-state index is -0.779. The second-order valence-electron chi connectivity index (χ2n) is 6.49. The van der Waals surface area contributed by atoms with Crippen molar-refractivity contribution in [3.05, 3.63) is 84.7 Å². The molecule has 0 unspecified atom stereocenters. The summed E-state index contributed by atoms with van der Waals surface area (Å²) in [5.74, 6) is -1.55. The lowest BCUT2D eigenvalue weighted by Crippen LogP contribution is -2.25. The molecule has 2 aromatic heterocycles. The number of para-hydroxylation sites is 1. The van der Waals surface area contributed by atoms with E-state index in [1.165, 1.54) is 11.0 Å². The zero-order chi connectivity index (χ0) is 21.1. The summed E-state index contributed by atoms with van der Waals surface area (Å²) in [6, 6.07) is 15.6. The highest BCUT2D eigenvalue weighted by Gasteiger charge is 2.29. The summed E-state index contributed by atoms with van der Waals surface area (Å²) in [6.07, 6.45) is 3.36. The standard InChI is InChI=1S/C23H17F2N3O2/c1-2-20(29)28(17-6-4-3-5-7-17)23-21(15-10-12-26-13-11-15)22(27-30-23)18-9-8-16(24)14-19(18)25/h3-14H,2H2,1H3. The van der Waals surface area contributed by atoms with Crippen molar-refractivity contribution in [2.45, 2.75) is 13.3 Å². The summed E-state index contributed by atoms with van der Waals surface area (Å²) in [6.45, 7) is 1.74. The molecule has 7 heteroatoms. The Bertz CT molecular complexity index is 1180. The molecule has 0 fully saturated rings. The fourth-order valence-electron chi connectivity index (χ4n) is 3.19. The molecule has 4 rings (SSSR count). The van der Waals surface area contributed by atoms with Crippen molar-refractivity contribution in [2.75, 3.05) is 4.90 Å². The number of anilines is 2. The average Bonchev–Trinajstić information content (AvgIpc) is 3.19. The molecule has 0 spiro atoms. The van der Waals surface area contributed by atoms with Crippen LogP contribution in [0, 0.1) is 11.6 Å². The van der Waals surface area contributed by atoms with Crippen molar-refractivity contribution in [2.24, 2.45) is 0 Å². The molecule has 30 heavy (non-hydrogen) atoms. The summed E-state index contributed by atoms with van der Waals surface area (Å²) in [4.78, 5) is 18.3. The van der Waals surface area contributed by atoms with Crippen molar-refractivity contribution >= 4 is 17.5 Å². The molecule has 2 heterocycles. The quantitative estimate of drug-likeness (QED) is 0.424. The maximum absolute atomic E-state index is 14.6. The molecule has 0 N–H and O–H groups in total. The normalized spacial score (nSPS) is 10.8. The van der Waals surface area contributed by atoms with E-state index in [2.05, 4.69) is 10.1 Å². The summed E-state index contributed by atoms with van der Waals surface area (Å²) < 4.78 is 33.6. The molecular weight excluding hydrogens is 388 g/mol. The van der Waals surface area contributed by atoms with Crippen molar-refractivity contribution in [3.8, 4) is 22.4 Å². The van der Waals surface area contributed by atoms with Gasteiger partial charge in [-0.05, 0) is 42.0 Å². The van der Waals surface area contributed by atoms with Crippen LogP contribution < -0.4 is 4.90 Å². The van der Waals surface area contributed by atoms with Gasteiger partial charge in [-0.25, -0.2) is 13.7 Å². The molecule has 4 aromatic rings. The van der Waals surface area contributed by atoms with Crippen LogP contribution in [0.5, 0.6) is 0 Å². The molecule has 0 bridgehead atoms. The van der Waals surface area contributed by atoms with Crippen LogP contribution in [0.15, 0.2) is 77.6 Å². The number of rotatable bonds is 5. The molecule has 2 aromatic carbocycles. The maximum atomic E-state index is 14.6. The number of pyridine rings is 1. The van der Waals surface area contributed by atoms with Crippen LogP contribution in [0.3, 0.4) is 0 Å². The SMILES string of the molecule is CCC(=O)N(c1ccccc1)c1onc(-c2ccc(F)cc2F)c1-c1ccncc1. The first-order valence-electron chi connectivity index (χ1n) is 9.33. The van der Waals surface area contributed by atoms with Crippen molar-refractivity contribution in [3.63, 3.8) is 0 Å². The molecule has 1 amide bonds. The Balaban J connectivity index is 1.98. The van der Waals surface area contributed by atoms with Gasteiger partial charge < -0.3 is 4.52 Å². The van der Waals surface area contributed by atoms with E-state index in [-0.39, 0.29) is 29.5 Å². The minimum absolute atomic E-state index is 0.0650. The predicted octanol–water partition coefficient (Wildman–Crippen LogP) is 5.76. The number of carbonyl (C=O) groups excluding carboxylic acids is 1. The summed E-state index contributed by atoms with van der Waals surface area (Å²) in [5, 5.41) is 4.06. The van der Waals surface area contributed by atoms with Gasteiger partial charge in [-0.1, -0.05) is 30.3 Å². The molecule has 0 saturated carbocycles. The maximum Gasteiger partial charge on any atom is 0.247 e. The first-order valence-corrected chi connectivity index (χ1v) is 9.33. The van der Waals surface area contributed by atoms with Gasteiger partial charge in [0.2, 0.25) is 11.8 Å². The molecule has 150 valence electrons. The van der Waals surface area contributed by atoms with Crippen molar-refractivity contribution < 1.29 is 18.1 Å². The lowest BCUT2D eigenvalue weighted by atomic mass is 10.0. The summed E-state index contributed by atoms with van der Waals surface area (Å²) in [5.41, 5.74) is 1.86. The van der Waals surface area contributed by atoms with Gasteiger partial charge in [0.1, 0.15) is 17.3 Å². The Kier molecular flexibility index (Phi) is 5.34. The van der Waals surface area contributed by atoms with Gasteiger partial charge in [0.05, 0.1) is 11.3 Å². The first kappa shape index (κ1) is 19.4.